The van der Waals surface area contributed by atoms with Crippen LogP contribution in [0.25, 0.3) is 0 Å². The number of Topliss-reactive ketones (excluding diaryl/α,β-unsaturated/α-hetero) is 1. The Morgan fingerprint density at radius 3 is 2.23 bits per heavy atom. The zero-order valence-electron chi connectivity index (χ0n) is 15.1. The Morgan fingerprint density at radius 1 is 1.00 bits per heavy atom. The molecule has 136 valence electrons. The van der Waals surface area contributed by atoms with Crippen molar-refractivity contribution in [1.82, 2.24) is 20.0 Å². The highest BCUT2D eigenvalue weighted by Crippen LogP contribution is 2.16. The number of hydrogen-bond donors (Lipinski definition) is 1. The summed E-state index contributed by atoms with van der Waals surface area (Å²) < 4.78 is 0. The smallest absolute Gasteiger partial charge is 0.274 e. The third-order valence-corrected chi connectivity index (χ3v) is 4.55. The van der Waals surface area contributed by atoms with E-state index < -0.39 is 0 Å². The molecule has 1 amide bonds. The highest BCUT2D eigenvalue weighted by atomic mass is 16.2. The van der Waals surface area contributed by atoms with Crippen molar-refractivity contribution in [3.8, 4) is 0 Å². The first-order valence-electron chi connectivity index (χ1n) is 8.80. The predicted octanol–water partition coefficient (Wildman–Crippen LogP) is 2.20. The topological polar surface area (TPSA) is 78.4 Å². The van der Waals surface area contributed by atoms with E-state index in [0.717, 1.165) is 38.4 Å². The molecule has 0 atom stereocenters. The van der Waals surface area contributed by atoms with Crippen LogP contribution in [0.2, 0.25) is 0 Å². The molecule has 1 aliphatic heterocycles. The average molecular weight is 353 g/mol. The fraction of sp³-hybridized carbons (Fsp3) is 0.368. The number of benzene rings is 1. The summed E-state index contributed by atoms with van der Waals surface area (Å²) >= 11 is 0. The summed E-state index contributed by atoms with van der Waals surface area (Å²) in [6.45, 7) is 7.90. The van der Waals surface area contributed by atoms with Gasteiger partial charge in [-0.2, -0.15) is 0 Å². The van der Waals surface area contributed by atoms with Crippen molar-refractivity contribution in [2.45, 2.75) is 13.8 Å². The zero-order chi connectivity index (χ0) is 18.5. The number of nitrogens with zero attached hydrogens (tertiary/aromatic N) is 4. The van der Waals surface area contributed by atoms with E-state index in [0.29, 0.717) is 17.1 Å². The van der Waals surface area contributed by atoms with Crippen molar-refractivity contribution < 1.29 is 9.59 Å². The Balaban J connectivity index is 1.61. The first-order valence-corrected chi connectivity index (χ1v) is 8.80. The van der Waals surface area contributed by atoms with Crippen LogP contribution < -0.4 is 5.32 Å². The molecule has 1 N–H and O–H groups in total. The molecule has 1 fully saturated rings. The maximum atomic E-state index is 12.5. The van der Waals surface area contributed by atoms with Gasteiger partial charge in [-0.15, -0.1) is 10.2 Å². The quantitative estimate of drug-likeness (QED) is 0.830. The van der Waals surface area contributed by atoms with Gasteiger partial charge in [0.1, 0.15) is 0 Å². The first-order chi connectivity index (χ1) is 12.6. The van der Waals surface area contributed by atoms with Crippen LogP contribution >= 0.6 is 0 Å². The van der Waals surface area contributed by atoms with Crippen LogP contribution in [0.15, 0.2) is 36.4 Å². The molecule has 0 spiro atoms. The summed E-state index contributed by atoms with van der Waals surface area (Å²) in [6, 6.07) is 10.6. The van der Waals surface area contributed by atoms with Crippen molar-refractivity contribution in [1.29, 1.82) is 0 Å². The molecule has 1 aromatic carbocycles. The van der Waals surface area contributed by atoms with Gasteiger partial charge in [-0.25, -0.2) is 0 Å². The molecule has 7 heteroatoms. The van der Waals surface area contributed by atoms with Gasteiger partial charge in [-0.1, -0.05) is 6.92 Å². The second-order valence-electron chi connectivity index (χ2n) is 6.29. The lowest BCUT2D eigenvalue weighted by Gasteiger charge is -2.33. The molecule has 2 aromatic rings. The first kappa shape index (κ1) is 18.0. The Labute approximate surface area is 153 Å². The number of ketones is 1. The molecule has 7 nitrogen and oxygen atoms in total. The lowest BCUT2D eigenvalue weighted by Crippen LogP contribution is -2.48. The summed E-state index contributed by atoms with van der Waals surface area (Å²) in [5.74, 6) is 0.498. The minimum Gasteiger partial charge on any atom is -0.339 e. The van der Waals surface area contributed by atoms with Gasteiger partial charge in [-0.3, -0.25) is 9.59 Å². The van der Waals surface area contributed by atoms with Gasteiger partial charge < -0.3 is 15.1 Å². The second-order valence-corrected chi connectivity index (χ2v) is 6.29. The van der Waals surface area contributed by atoms with E-state index in [1.807, 2.05) is 17.0 Å². The summed E-state index contributed by atoms with van der Waals surface area (Å²) in [6.07, 6.45) is 0. The molecule has 1 aliphatic rings. The largest absolute Gasteiger partial charge is 0.339 e. The average Bonchev–Trinajstić information content (AvgIpc) is 2.68. The number of likely N-dealkylation sites (N-methyl/N-ethyl adjacent to an activating group) is 1. The zero-order valence-corrected chi connectivity index (χ0v) is 15.1. The highest BCUT2D eigenvalue weighted by Gasteiger charge is 2.22. The van der Waals surface area contributed by atoms with Gasteiger partial charge in [0.25, 0.3) is 5.91 Å². The SMILES string of the molecule is CCN1CCN(C(=O)c2ccc(Nc3ccc(C(C)=O)cc3)nn2)CC1. The van der Waals surface area contributed by atoms with E-state index in [-0.39, 0.29) is 11.7 Å². The molecule has 1 saturated heterocycles. The third kappa shape index (κ3) is 4.23. The fourth-order valence-electron chi connectivity index (χ4n) is 2.88. The van der Waals surface area contributed by atoms with E-state index in [1.165, 1.54) is 6.92 Å². The Morgan fingerprint density at radius 2 is 1.69 bits per heavy atom. The van der Waals surface area contributed by atoms with Crippen molar-refractivity contribution >= 4 is 23.2 Å². The van der Waals surface area contributed by atoms with Gasteiger partial charge in [0, 0.05) is 37.4 Å². The molecule has 0 saturated carbocycles. The number of rotatable bonds is 5. The normalized spacial score (nSPS) is 14.9. The molecule has 26 heavy (non-hydrogen) atoms. The van der Waals surface area contributed by atoms with Crippen LogP contribution in [0.4, 0.5) is 11.5 Å². The van der Waals surface area contributed by atoms with Crippen LogP contribution in [-0.4, -0.2) is 64.4 Å². The second kappa shape index (κ2) is 8.05. The van der Waals surface area contributed by atoms with Gasteiger partial charge in [0.15, 0.2) is 17.3 Å². The summed E-state index contributed by atoms with van der Waals surface area (Å²) in [7, 11) is 0. The van der Waals surface area contributed by atoms with Gasteiger partial charge in [-0.05, 0) is 49.9 Å². The fourth-order valence-corrected chi connectivity index (χ4v) is 2.88. The number of carbonyl (C=O) groups is 2. The summed E-state index contributed by atoms with van der Waals surface area (Å²) in [5, 5.41) is 11.3. The summed E-state index contributed by atoms with van der Waals surface area (Å²) in [4.78, 5) is 28.0. The van der Waals surface area contributed by atoms with Crippen LogP contribution in [0.3, 0.4) is 0 Å². The molecular formula is C19H23N5O2. The molecule has 3 rings (SSSR count). The Hall–Kier alpha value is -2.80. The minimum absolute atomic E-state index is 0.0268. The van der Waals surface area contributed by atoms with Gasteiger partial charge >= 0.3 is 0 Å². The number of nitrogens with one attached hydrogen (secondary N) is 1. The predicted molar refractivity (Wildman–Crippen MR) is 99.8 cm³/mol. The van der Waals surface area contributed by atoms with E-state index in [2.05, 4.69) is 27.3 Å². The third-order valence-electron chi connectivity index (χ3n) is 4.55. The number of carbonyl (C=O) groups excluding carboxylic acids is 2. The van der Waals surface area contributed by atoms with Gasteiger partial charge in [0.05, 0.1) is 0 Å². The van der Waals surface area contributed by atoms with E-state index in [4.69, 9.17) is 0 Å². The number of aromatic nitrogens is 2. The van der Waals surface area contributed by atoms with Crippen LogP contribution in [-0.2, 0) is 0 Å². The summed E-state index contributed by atoms with van der Waals surface area (Å²) in [5.41, 5.74) is 1.82. The van der Waals surface area contributed by atoms with Gasteiger partial charge in [0.2, 0.25) is 0 Å². The number of anilines is 2. The monoisotopic (exact) mass is 353 g/mol. The molecule has 1 aromatic heterocycles. The Bertz CT molecular complexity index is 766. The van der Waals surface area contributed by atoms with Crippen molar-refractivity contribution in [3.05, 3.63) is 47.7 Å². The van der Waals surface area contributed by atoms with Crippen molar-refractivity contribution in [3.63, 3.8) is 0 Å². The van der Waals surface area contributed by atoms with E-state index in [9.17, 15) is 9.59 Å². The minimum atomic E-state index is -0.0781. The lowest BCUT2D eigenvalue weighted by atomic mass is 10.1. The highest BCUT2D eigenvalue weighted by molar-refractivity contribution is 5.94. The molecule has 0 radical (unpaired) electrons. The number of piperazine rings is 1. The van der Waals surface area contributed by atoms with Crippen molar-refractivity contribution in [2.24, 2.45) is 0 Å². The lowest BCUT2D eigenvalue weighted by molar-refractivity contribution is 0.0636. The standard InChI is InChI=1S/C19H23N5O2/c1-3-23-10-12-24(13-11-23)19(26)17-8-9-18(22-21-17)20-16-6-4-15(5-7-16)14(2)25/h4-9H,3,10-13H2,1-2H3,(H,20,22). The number of hydrogen-bond acceptors (Lipinski definition) is 6. The molecule has 0 aliphatic carbocycles. The van der Waals surface area contributed by atoms with Crippen molar-refractivity contribution in [2.75, 3.05) is 38.0 Å². The van der Waals surface area contributed by atoms with Crippen LogP contribution in [0, 0.1) is 0 Å². The van der Waals surface area contributed by atoms with Crippen LogP contribution in [0.1, 0.15) is 34.7 Å². The molecule has 0 bridgehead atoms. The molecule has 0 unspecified atom stereocenters. The maximum absolute atomic E-state index is 12.5. The Kier molecular flexibility index (Phi) is 5.58. The molecular weight excluding hydrogens is 330 g/mol. The van der Waals surface area contributed by atoms with E-state index >= 15 is 0 Å². The maximum Gasteiger partial charge on any atom is 0.274 e. The molecule has 2 heterocycles. The van der Waals surface area contributed by atoms with E-state index in [1.54, 1.807) is 24.3 Å². The number of amides is 1. The van der Waals surface area contributed by atoms with Crippen LogP contribution in [0.5, 0.6) is 0 Å².